The van der Waals surface area contributed by atoms with E-state index in [-0.39, 0.29) is 0 Å². The highest BCUT2D eigenvalue weighted by atomic mass is 16.7. The molecule has 2 aliphatic rings. The summed E-state index contributed by atoms with van der Waals surface area (Å²) in [5.41, 5.74) is 0. The van der Waals surface area contributed by atoms with Crippen molar-refractivity contribution in [1.82, 2.24) is 0 Å². The lowest BCUT2D eigenvalue weighted by Gasteiger charge is -2.45. The fraction of sp³-hybridized carbons (Fsp3) is 1.00. The molecule has 136 valence electrons. The zero-order valence-corrected chi connectivity index (χ0v) is 12.0. The molecule has 0 aromatic rings. The maximum absolute atomic E-state index is 9.94. The van der Waals surface area contributed by atoms with Gasteiger partial charge in [-0.1, -0.05) is 0 Å². The van der Waals surface area contributed by atoms with Gasteiger partial charge in [0.25, 0.3) is 0 Å². The summed E-state index contributed by atoms with van der Waals surface area (Å²) in [5.74, 6) is 0. The zero-order chi connectivity index (χ0) is 17.3. The molecular formula is C12H22O11. The molecule has 11 heteroatoms. The van der Waals surface area contributed by atoms with Crippen LogP contribution in [-0.4, -0.2) is 115 Å². The lowest BCUT2D eigenvalue weighted by Crippen LogP contribution is -2.64. The Morgan fingerprint density at radius 3 is 1.83 bits per heavy atom. The third-order valence-electron chi connectivity index (χ3n) is 3.98. The molecule has 2 aliphatic heterocycles. The molecule has 23 heavy (non-hydrogen) atoms. The molecule has 0 spiro atoms. The summed E-state index contributed by atoms with van der Waals surface area (Å²) in [6, 6.07) is 0. The van der Waals surface area contributed by atoms with Crippen LogP contribution in [0.1, 0.15) is 0 Å². The minimum absolute atomic E-state index is 0.667. The highest BCUT2D eigenvalue weighted by Gasteiger charge is 2.50. The van der Waals surface area contributed by atoms with E-state index in [0.29, 0.717) is 0 Å². The summed E-state index contributed by atoms with van der Waals surface area (Å²) in [6.45, 7) is -1.35. The van der Waals surface area contributed by atoms with Gasteiger partial charge in [-0.15, -0.1) is 0 Å². The first kappa shape index (κ1) is 18.9. The minimum atomic E-state index is -1.74. The van der Waals surface area contributed by atoms with Crippen LogP contribution in [0.25, 0.3) is 0 Å². The van der Waals surface area contributed by atoms with Crippen molar-refractivity contribution in [2.45, 2.75) is 61.4 Å². The molecule has 2 saturated heterocycles. The molecule has 0 saturated carbocycles. The Hall–Kier alpha value is -0.440. The topological polar surface area (TPSA) is 190 Å². The minimum Gasteiger partial charge on any atom is -0.394 e. The summed E-state index contributed by atoms with van der Waals surface area (Å²) in [4.78, 5) is 0. The second kappa shape index (κ2) is 7.63. The second-order valence-corrected chi connectivity index (χ2v) is 5.53. The lowest BCUT2D eigenvalue weighted by atomic mass is 9.97. The summed E-state index contributed by atoms with van der Waals surface area (Å²) in [7, 11) is 0. The fourth-order valence-electron chi connectivity index (χ4n) is 2.57. The fourth-order valence-corrected chi connectivity index (χ4v) is 2.57. The molecule has 0 aliphatic carbocycles. The smallest absolute Gasteiger partial charge is 0.187 e. The Morgan fingerprint density at radius 2 is 1.26 bits per heavy atom. The van der Waals surface area contributed by atoms with E-state index >= 15 is 0 Å². The van der Waals surface area contributed by atoms with E-state index in [4.69, 9.17) is 19.3 Å². The SMILES string of the molecule is OC[C@H]1O[C@@H](O[C@@H]2[C@H](O)[C@@H](O)[C@@H](O)O[C@@H]2CO)[C@H](O)[C@@H](O)[C@H]1O. The molecule has 0 aromatic heterocycles. The molecular weight excluding hydrogens is 320 g/mol. The third kappa shape index (κ3) is 3.65. The predicted molar refractivity (Wildman–Crippen MR) is 68.6 cm³/mol. The van der Waals surface area contributed by atoms with Gasteiger partial charge in [-0.05, 0) is 0 Å². The van der Waals surface area contributed by atoms with E-state index in [2.05, 4.69) is 0 Å². The largest absolute Gasteiger partial charge is 0.394 e. The van der Waals surface area contributed by atoms with E-state index in [9.17, 15) is 35.7 Å². The number of aliphatic hydroxyl groups is 8. The van der Waals surface area contributed by atoms with Crippen LogP contribution in [0.4, 0.5) is 0 Å². The van der Waals surface area contributed by atoms with Crippen LogP contribution < -0.4 is 0 Å². The Balaban J connectivity index is 2.11. The van der Waals surface area contributed by atoms with Crippen LogP contribution in [0.2, 0.25) is 0 Å². The molecule has 11 nitrogen and oxygen atoms in total. The van der Waals surface area contributed by atoms with E-state index < -0.39 is 74.6 Å². The lowest BCUT2D eigenvalue weighted by molar-refractivity contribution is -0.355. The molecule has 2 heterocycles. The average Bonchev–Trinajstić information content (AvgIpc) is 2.55. The summed E-state index contributed by atoms with van der Waals surface area (Å²) >= 11 is 0. The van der Waals surface area contributed by atoms with Crippen molar-refractivity contribution in [3.8, 4) is 0 Å². The van der Waals surface area contributed by atoms with Gasteiger partial charge in [0.2, 0.25) is 0 Å². The molecule has 2 rings (SSSR count). The predicted octanol–water partition coefficient (Wildman–Crippen LogP) is -5.40. The summed E-state index contributed by atoms with van der Waals surface area (Å²) in [6.07, 6.45) is -15.6. The van der Waals surface area contributed by atoms with Crippen LogP contribution in [0, 0.1) is 0 Å². The summed E-state index contributed by atoms with van der Waals surface area (Å²) < 4.78 is 15.3. The highest BCUT2D eigenvalue weighted by molar-refractivity contribution is 4.93. The molecule has 0 radical (unpaired) electrons. The molecule has 0 amide bonds. The van der Waals surface area contributed by atoms with Gasteiger partial charge in [0.15, 0.2) is 12.6 Å². The van der Waals surface area contributed by atoms with Crippen LogP contribution in [0.3, 0.4) is 0 Å². The first-order chi connectivity index (χ1) is 10.8. The third-order valence-corrected chi connectivity index (χ3v) is 3.98. The van der Waals surface area contributed by atoms with Crippen LogP contribution in [0.5, 0.6) is 0 Å². The number of hydrogen-bond acceptors (Lipinski definition) is 11. The van der Waals surface area contributed by atoms with Crippen molar-refractivity contribution in [2.24, 2.45) is 0 Å². The van der Waals surface area contributed by atoms with Gasteiger partial charge in [0, 0.05) is 0 Å². The van der Waals surface area contributed by atoms with Gasteiger partial charge in [0.1, 0.15) is 48.8 Å². The van der Waals surface area contributed by atoms with Crippen LogP contribution in [0.15, 0.2) is 0 Å². The van der Waals surface area contributed by atoms with Crippen molar-refractivity contribution >= 4 is 0 Å². The molecule has 10 atom stereocenters. The normalized spacial score (nSPS) is 51.7. The van der Waals surface area contributed by atoms with Crippen LogP contribution in [-0.2, 0) is 14.2 Å². The number of hydrogen-bond donors (Lipinski definition) is 8. The maximum atomic E-state index is 9.94. The molecule has 8 N–H and O–H groups in total. The zero-order valence-electron chi connectivity index (χ0n) is 12.0. The van der Waals surface area contributed by atoms with Gasteiger partial charge < -0.3 is 55.1 Å². The van der Waals surface area contributed by atoms with Gasteiger partial charge in [-0.2, -0.15) is 0 Å². The Morgan fingerprint density at radius 1 is 0.652 bits per heavy atom. The Labute approximate surface area is 130 Å². The van der Waals surface area contributed by atoms with Crippen molar-refractivity contribution in [1.29, 1.82) is 0 Å². The van der Waals surface area contributed by atoms with E-state index in [1.165, 1.54) is 0 Å². The van der Waals surface area contributed by atoms with Gasteiger partial charge >= 0.3 is 0 Å². The first-order valence-electron chi connectivity index (χ1n) is 7.08. The van der Waals surface area contributed by atoms with E-state index in [1.807, 2.05) is 0 Å². The molecule has 0 bridgehead atoms. The Bertz CT molecular complexity index is 378. The van der Waals surface area contributed by atoms with Gasteiger partial charge in [-0.3, -0.25) is 0 Å². The molecule has 2 fully saturated rings. The van der Waals surface area contributed by atoms with E-state index in [1.54, 1.807) is 0 Å². The van der Waals surface area contributed by atoms with Crippen molar-refractivity contribution < 1.29 is 55.1 Å². The number of rotatable bonds is 4. The van der Waals surface area contributed by atoms with Gasteiger partial charge in [0.05, 0.1) is 13.2 Å². The van der Waals surface area contributed by atoms with Crippen LogP contribution >= 0.6 is 0 Å². The van der Waals surface area contributed by atoms with Crippen molar-refractivity contribution in [3.05, 3.63) is 0 Å². The van der Waals surface area contributed by atoms with Crippen molar-refractivity contribution in [2.75, 3.05) is 13.2 Å². The standard InChI is InChI=1S/C12H22O11/c13-1-3-5(15)6(16)9(19)12(22-3)23-10-4(2-14)21-11(20)8(18)7(10)17/h3-20H,1-2H2/t3-,4-,5+,6+,7-,8-,9-,10+,11+,12+/m1/s1. The number of ether oxygens (including phenoxy) is 3. The average molecular weight is 342 g/mol. The molecule has 0 unspecified atom stereocenters. The number of aliphatic hydroxyl groups excluding tert-OH is 8. The monoisotopic (exact) mass is 342 g/mol. The van der Waals surface area contributed by atoms with Gasteiger partial charge in [-0.25, -0.2) is 0 Å². The quantitative estimate of drug-likeness (QED) is 0.243. The maximum Gasteiger partial charge on any atom is 0.187 e. The highest BCUT2D eigenvalue weighted by Crippen LogP contribution is 2.28. The first-order valence-corrected chi connectivity index (χ1v) is 7.08. The van der Waals surface area contributed by atoms with E-state index in [0.717, 1.165) is 0 Å². The second-order valence-electron chi connectivity index (χ2n) is 5.53. The summed E-state index contributed by atoms with van der Waals surface area (Å²) in [5, 5.41) is 76.5. The van der Waals surface area contributed by atoms with Crippen molar-refractivity contribution in [3.63, 3.8) is 0 Å². The Kier molecular flexibility index (Phi) is 6.27. The molecule has 0 aromatic carbocycles.